The molecule has 1 aromatic heterocycles. The smallest absolute Gasteiger partial charge is 0.412 e. The van der Waals surface area contributed by atoms with Crippen LogP contribution >= 0.6 is 0 Å². The minimum Gasteiger partial charge on any atom is -0.476 e. The number of nitrogens with one attached hydrogen (secondary N) is 1. The third-order valence-corrected chi connectivity index (χ3v) is 4.92. The molecule has 4 rings (SSSR count). The Hall–Kier alpha value is -3.94. The average Bonchev–Trinajstić information content (AvgIpc) is 3.06. The first kappa shape index (κ1) is 21.3. The van der Waals surface area contributed by atoms with Gasteiger partial charge in [0.05, 0.1) is 6.20 Å². The van der Waals surface area contributed by atoms with Crippen LogP contribution in [0.5, 0.6) is 5.88 Å². The van der Waals surface area contributed by atoms with E-state index in [0.29, 0.717) is 0 Å². The number of aromatic carboxylic acids is 1. The van der Waals surface area contributed by atoms with E-state index < -0.39 is 23.4 Å². The van der Waals surface area contributed by atoms with E-state index >= 15 is 0 Å². The minimum absolute atomic E-state index is 0.0409. The van der Waals surface area contributed by atoms with Gasteiger partial charge in [-0.05, 0) is 43.0 Å². The van der Waals surface area contributed by atoms with Crippen molar-refractivity contribution in [3.8, 4) is 17.0 Å². The lowest BCUT2D eigenvalue weighted by Gasteiger charge is -2.21. The summed E-state index contributed by atoms with van der Waals surface area (Å²) in [6.45, 7) is 5.43. The summed E-state index contributed by atoms with van der Waals surface area (Å²) in [6.07, 6.45) is 0.483. The summed E-state index contributed by atoms with van der Waals surface area (Å²) < 4.78 is 11.0. The summed E-state index contributed by atoms with van der Waals surface area (Å²) in [5, 5.41) is 11.9. The molecule has 0 saturated carbocycles. The average molecular weight is 433 g/mol. The third-order valence-electron chi connectivity index (χ3n) is 4.92. The van der Waals surface area contributed by atoms with Gasteiger partial charge in [0.2, 0.25) is 11.6 Å². The SMILES string of the molecule is CC(C)(C)Oc1ncc(NC(=O)OCC2c3ccccc3-c3ccccc32)nc1C(=O)O. The molecule has 3 aromatic rings. The molecule has 0 spiro atoms. The number of fused-ring (bicyclic) bond motifs is 3. The van der Waals surface area contributed by atoms with Crippen molar-refractivity contribution in [1.82, 2.24) is 9.97 Å². The number of carbonyl (C=O) groups excluding carboxylic acids is 1. The van der Waals surface area contributed by atoms with Gasteiger partial charge in [0.15, 0.2) is 5.82 Å². The van der Waals surface area contributed by atoms with Crippen LogP contribution in [-0.4, -0.2) is 39.3 Å². The maximum Gasteiger partial charge on any atom is 0.412 e. The monoisotopic (exact) mass is 433 g/mol. The summed E-state index contributed by atoms with van der Waals surface area (Å²) in [4.78, 5) is 31.9. The highest BCUT2D eigenvalue weighted by molar-refractivity contribution is 5.89. The number of nitrogens with zero attached hydrogens (tertiary/aromatic N) is 2. The summed E-state index contributed by atoms with van der Waals surface area (Å²) >= 11 is 0. The van der Waals surface area contributed by atoms with Gasteiger partial charge in [-0.1, -0.05) is 48.5 Å². The molecule has 2 aromatic carbocycles. The van der Waals surface area contributed by atoms with Crippen LogP contribution in [0.25, 0.3) is 11.1 Å². The van der Waals surface area contributed by atoms with Crippen molar-refractivity contribution >= 4 is 17.9 Å². The number of aromatic nitrogens is 2. The van der Waals surface area contributed by atoms with E-state index in [2.05, 4.69) is 27.4 Å². The van der Waals surface area contributed by atoms with Gasteiger partial charge in [-0.2, -0.15) is 0 Å². The van der Waals surface area contributed by atoms with Gasteiger partial charge in [-0.25, -0.2) is 19.6 Å². The van der Waals surface area contributed by atoms with Crippen LogP contribution in [0.3, 0.4) is 0 Å². The van der Waals surface area contributed by atoms with Gasteiger partial charge in [0, 0.05) is 5.92 Å². The zero-order chi connectivity index (χ0) is 22.9. The molecule has 1 amide bonds. The quantitative estimate of drug-likeness (QED) is 0.599. The zero-order valence-corrected chi connectivity index (χ0v) is 18.0. The summed E-state index contributed by atoms with van der Waals surface area (Å²) in [5.41, 5.74) is 3.40. The van der Waals surface area contributed by atoms with Gasteiger partial charge in [-0.3, -0.25) is 5.32 Å². The molecule has 1 aliphatic carbocycles. The number of anilines is 1. The van der Waals surface area contributed by atoms with E-state index in [1.54, 1.807) is 20.8 Å². The number of hydrogen-bond acceptors (Lipinski definition) is 6. The predicted molar refractivity (Wildman–Crippen MR) is 118 cm³/mol. The first-order valence-corrected chi connectivity index (χ1v) is 10.1. The molecule has 1 aliphatic rings. The van der Waals surface area contributed by atoms with Gasteiger partial charge >= 0.3 is 12.1 Å². The largest absolute Gasteiger partial charge is 0.476 e. The Morgan fingerprint density at radius 2 is 1.62 bits per heavy atom. The number of ether oxygens (including phenoxy) is 2. The second kappa shape index (κ2) is 8.30. The number of amides is 1. The minimum atomic E-state index is -1.31. The standard InChI is InChI=1S/C24H23N3O5/c1-24(2,3)32-21-20(22(28)29)26-19(12-25-21)27-23(30)31-13-18-16-10-6-4-8-14(16)15-9-5-7-11-17(15)18/h4-12,18H,13H2,1-3H3,(H,28,29)(H,26,27,30). The Balaban J connectivity index is 1.47. The lowest BCUT2D eigenvalue weighted by molar-refractivity contribution is 0.0668. The molecule has 0 radical (unpaired) electrons. The summed E-state index contributed by atoms with van der Waals surface area (Å²) in [5.74, 6) is -1.56. The molecule has 0 aliphatic heterocycles. The first-order chi connectivity index (χ1) is 15.2. The predicted octanol–water partition coefficient (Wildman–Crippen LogP) is 4.71. The number of carbonyl (C=O) groups is 2. The molecule has 8 heteroatoms. The normalized spacial score (nSPS) is 12.6. The Labute approximate surface area is 185 Å². The van der Waals surface area contributed by atoms with Crippen LogP contribution in [0.15, 0.2) is 54.7 Å². The lowest BCUT2D eigenvalue weighted by atomic mass is 9.98. The highest BCUT2D eigenvalue weighted by Gasteiger charge is 2.29. The number of rotatable bonds is 5. The van der Waals surface area contributed by atoms with Crippen molar-refractivity contribution in [3.63, 3.8) is 0 Å². The van der Waals surface area contributed by atoms with Crippen LogP contribution < -0.4 is 10.1 Å². The van der Waals surface area contributed by atoms with Crippen molar-refractivity contribution in [1.29, 1.82) is 0 Å². The molecular weight excluding hydrogens is 410 g/mol. The van der Waals surface area contributed by atoms with Crippen molar-refractivity contribution in [2.75, 3.05) is 11.9 Å². The molecule has 0 fully saturated rings. The molecule has 0 saturated heterocycles. The molecule has 1 heterocycles. The molecule has 0 bridgehead atoms. The van der Waals surface area contributed by atoms with Crippen molar-refractivity contribution in [2.24, 2.45) is 0 Å². The second-order valence-corrected chi connectivity index (χ2v) is 8.38. The van der Waals surface area contributed by atoms with E-state index in [1.807, 2.05) is 36.4 Å². The van der Waals surface area contributed by atoms with E-state index in [0.717, 1.165) is 22.3 Å². The summed E-state index contributed by atoms with van der Waals surface area (Å²) in [7, 11) is 0. The molecule has 164 valence electrons. The van der Waals surface area contributed by atoms with Crippen molar-refractivity contribution < 1.29 is 24.2 Å². The van der Waals surface area contributed by atoms with Gasteiger partial charge in [0.25, 0.3) is 0 Å². The lowest BCUT2D eigenvalue weighted by Crippen LogP contribution is -2.26. The molecule has 2 N–H and O–H groups in total. The Morgan fingerprint density at radius 1 is 1.03 bits per heavy atom. The Kier molecular flexibility index (Phi) is 5.52. The fourth-order valence-corrected chi connectivity index (χ4v) is 3.68. The van der Waals surface area contributed by atoms with Crippen LogP contribution in [0.2, 0.25) is 0 Å². The van der Waals surface area contributed by atoms with E-state index in [-0.39, 0.29) is 24.2 Å². The highest BCUT2D eigenvalue weighted by Crippen LogP contribution is 2.44. The third kappa shape index (κ3) is 4.39. The molecule has 8 nitrogen and oxygen atoms in total. The molecule has 0 atom stereocenters. The number of hydrogen-bond donors (Lipinski definition) is 2. The molecular formula is C24H23N3O5. The zero-order valence-electron chi connectivity index (χ0n) is 18.0. The Bertz CT molecular complexity index is 1140. The topological polar surface area (TPSA) is 111 Å². The van der Waals surface area contributed by atoms with Crippen LogP contribution in [0, 0.1) is 0 Å². The van der Waals surface area contributed by atoms with Gasteiger partial charge in [0.1, 0.15) is 12.2 Å². The molecule has 0 unspecified atom stereocenters. The first-order valence-electron chi connectivity index (χ1n) is 10.1. The van der Waals surface area contributed by atoms with E-state index in [1.165, 1.54) is 6.20 Å². The Morgan fingerprint density at radius 3 is 2.19 bits per heavy atom. The van der Waals surface area contributed by atoms with Crippen LogP contribution in [0.4, 0.5) is 10.6 Å². The van der Waals surface area contributed by atoms with Crippen molar-refractivity contribution in [2.45, 2.75) is 32.3 Å². The van der Waals surface area contributed by atoms with Gasteiger partial charge in [-0.15, -0.1) is 0 Å². The van der Waals surface area contributed by atoms with Crippen LogP contribution in [-0.2, 0) is 4.74 Å². The summed E-state index contributed by atoms with van der Waals surface area (Å²) in [6, 6.07) is 16.1. The number of carboxylic acid groups (broad SMARTS) is 1. The van der Waals surface area contributed by atoms with Gasteiger partial charge < -0.3 is 14.6 Å². The second-order valence-electron chi connectivity index (χ2n) is 8.38. The fourth-order valence-electron chi connectivity index (χ4n) is 3.68. The highest BCUT2D eigenvalue weighted by atomic mass is 16.5. The van der Waals surface area contributed by atoms with E-state index in [9.17, 15) is 14.7 Å². The van der Waals surface area contributed by atoms with Crippen LogP contribution in [0.1, 0.15) is 48.3 Å². The number of benzene rings is 2. The number of carboxylic acids is 1. The fraction of sp³-hybridized carbons (Fsp3) is 0.250. The maximum atomic E-state index is 12.4. The van der Waals surface area contributed by atoms with Crippen molar-refractivity contribution in [3.05, 3.63) is 71.5 Å². The molecule has 32 heavy (non-hydrogen) atoms. The van der Waals surface area contributed by atoms with E-state index in [4.69, 9.17) is 9.47 Å². The maximum absolute atomic E-state index is 12.4.